The van der Waals surface area contributed by atoms with Crippen LogP contribution in [0.4, 0.5) is 0 Å². The maximum absolute atomic E-state index is 13.4. The van der Waals surface area contributed by atoms with Crippen molar-refractivity contribution in [2.24, 2.45) is 11.7 Å². The molecule has 0 radical (unpaired) electrons. The standard InChI is InChI=1S/C29H41N5O2/c30-15-17-32-28(35)27-20-26(14-19-34(27)29(36)25-12-7-16-31-21-25)33(22-24-10-5-2-6-11-24)18-13-23-8-3-1-4-9-23/h1,3-4,7-9,12,16,21,24,26-27H,2,5-6,10-11,13-15,17-20,22,30H2,(H,32,35)/t26?,27-/m1/s1. The van der Waals surface area contributed by atoms with Crippen molar-refractivity contribution in [3.63, 3.8) is 0 Å². The largest absolute Gasteiger partial charge is 0.353 e. The molecule has 1 saturated heterocycles. The number of piperidine rings is 1. The van der Waals surface area contributed by atoms with Gasteiger partial charge in [0.05, 0.1) is 5.56 Å². The van der Waals surface area contributed by atoms with Crippen LogP contribution in [-0.2, 0) is 11.2 Å². The van der Waals surface area contributed by atoms with E-state index in [4.69, 9.17) is 5.73 Å². The number of nitrogens with zero attached hydrogens (tertiary/aromatic N) is 3. The van der Waals surface area contributed by atoms with E-state index in [0.717, 1.165) is 25.9 Å². The van der Waals surface area contributed by atoms with Gasteiger partial charge in [-0.05, 0) is 55.7 Å². The molecular formula is C29H41N5O2. The SMILES string of the molecule is NCCNC(=O)[C@H]1CC(N(CCc2ccccc2)CC2CCCCC2)CCN1C(=O)c1cccnc1. The van der Waals surface area contributed by atoms with Crippen LogP contribution in [0.15, 0.2) is 54.9 Å². The Kier molecular flexibility index (Phi) is 9.87. The van der Waals surface area contributed by atoms with Crippen molar-refractivity contribution in [1.82, 2.24) is 20.1 Å². The summed E-state index contributed by atoms with van der Waals surface area (Å²) in [5.41, 5.74) is 7.52. The van der Waals surface area contributed by atoms with Gasteiger partial charge in [0.2, 0.25) is 5.91 Å². The Morgan fingerprint density at radius 1 is 1.06 bits per heavy atom. The van der Waals surface area contributed by atoms with Crippen molar-refractivity contribution in [3.05, 3.63) is 66.0 Å². The van der Waals surface area contributed by atoms with Gasteiger partial charge in [0, 0.05) is 51.2 Å². The van der Waals surface area contributed by atoms with E-state index < -0.39 is 6.04 Å². The highest BCUT2D eigenvalue weighted by Gasteiger charge is 2.38. The van der Waals surface area contributed by atoms with Crippen LogP contribution in [0.5, 0.6) is 0 Å². The van der Waals surface area contributed by atoms with Gasteiger partial charge in [-0.15, -0.1) is 0 Å². The number of carbonyl (C=O) groups is 2. The average Bonchev–Trinajstić information content (AvgIpc) is 2.95. The van der Waals surface area contributed by atoms with E-state index in [0.29, 0.717) is 37.5 Å². The van der Waals surface area contributed by atoms with Crippen LogP contribution in [0.1, 0.15) is 60.9 Å². The summed E-state index contributed by atoms with van der Waals surface area (Å²) in [5, 5.41) is 2.95. The number of nitrogens with one attached hydrogen (secondary N) is 1. The third kappa shape index (κ3) is 7.14. The van der Waals surface area contributed by atoms with Gasteiger partial charge in [-0.2, -0.15) is 0 Å². The lowest BCUT2D eigenvalue weighted by atomic mass is 9.87. The summed E-state index contributed by atoms with van der Waals surface area (Å²) >= 11 is 0. The van der Waals surface area contributed by atoms with Gasteiger partial charge in [-0.3, -0.25) is 19.5 Å². The number of amides is 2. The van der Waals surface area contributed by atoms with Crippen molar-refractivity contribution in [2.45, 2.75) is 63.5 Å². The van der Waals surface area contributed by atoms with Crippen LogP contribution in [0.2, 0.25) is 0 Å². The minimum Gasteiger partial charge on any atom is -0.353 e. The third-order valence-corrected chi connectivity index (χ3v) is 7.75. The van der Waals surface area contributed by atoms with Gasteiger partial charge in [0.1, 0.15) is 6.04 Å². The minimum atomic E-state index is -0.506. The molecule has 1 aromatic heterocycles. The molecule has 1 saturated carbocycles. The Hall–Kier alpha value is -2.77. The van der Waals surface area contributed by atoms with E-state index in [9.17, 15) is 9.59 Å². The zero-order valence-electron chi connectivity index (χ0n) is 21.4. The highest BCUT2D eigenvalue weighted by Crippen LogP contribution is 2.29. The quantitative estimate of drug-likeness (QED) is 0.532. The van der Waals surface area contributed by atoms with Gasteiger partial charge >= 0.3 is 0 Å². The summed E-state index contributed by atoms with van der Waals surface area (Å²) < 4.78 is 0. The van der Waals surface area contributed by atoms with E-state index in [1.807, 2.05) is 0 Å². The number of aromatic nitrogens is 1. The number of hydrogen-bond acceptors (Lipinski definition) is 5. The van der Waals surface area contributed by atoms with Crippen molar-refractivity contribution in [1.29, 1.82) is 0 Å². The summed E-state index contributed by atoms with van der Waals surface area (Å²) in [4.78, 5) is 35.1. The van der Waals surface area contributed by atoms with Crippen LogP contribution in [0.3, 0.4) is 0 Å². The van der Waals surface area contributed by atoms with Crippen molar-refractivity contribution >= 4 is 11.8 Å². The number of hydrogen-bond donors (Lipinski definition) is 2. The molecule has 0 spiro atoms. The first-order valence-electron chi connectivity index (χ1n) is 13.6. The zero-order chi connectivity index (χ0) is 25.2. The molecule has 1 aromatic carbocycles. The van der Waals surface area contributed by atoms with Gasteiger partial charge < -0.3 is 16.0 Å². The lowest BCUT2D eigenvalue weighted by molar-refractivity contribution is -0.127. The van der Waals surface area contributed by atoms with Gasteiger partial charge in [-0.25, -0.2) is 0 Å². The van der Waals surface area contributed by atoms with E-state index >= 15 is 0 Å². The van der Waals surface area contributed by atoms with Crippen molar-refractivity contribution < 1.29 is 9.59 Å². The zero-order valence-corrected chi connectivity index (χ0v) is 21.4. The van der Waals surface area contributed by atoms with Crippen LogP contribution in [-0.4, -0.2) is 71.4 Å². The molecule has 2 atom stereocenters. The van der Waals surface area contributed by atoms with Gasteiger partial charge in [0.15, 0.2) is 0 Å². The highest BCUT2D eigenvalue weighted by molar-refractivity contribution is 5.97. The monoisotopic (exact) mass is 491 g/mol. The molecule has 2 aliphatic rings. The van der Waals surface area contributed by atoms with Gasteiger partial charge in [0.25, 0.3) is 5.91 Å². The fourth-order valence-electron chi connectivity index (χ4n) is 5.78. The summed E-state index contributed by atoms with van der Waals surface area (Å²) in [6.07, 6.45) is 12.3. The molecule has 1 unspecified atom stereocenters. The first kappa shape index (κ1) is 26.3. The second-order valence-corrected chi connectivity index (χ2v) is 10.2. The molecule has 194 valence electrons. The molecule has 2 fully saturated rings. The predicted octanol–water partition coefficient (Wildman–Crippen LogP) is 3.25. The number of benzene rings is 1. The summed E-state index contributed by atoms with van der Waals surface area (Å²) in [6, 6.07) is 13.9. The summed E-state index contributed by atoms with van der Waals surface area (Å²) in [5.74, 6) is 0.481. The van der Waals surface area contributed by atoms with E-state index in [2.05, 4.69) is 45.5 Å². The Morgan fingerprint density at radius 2 is 1.86 bits per heavy atom. The smallest absolute Gasteiger partial charge is 0.256 e. The van der Waals surface area contributed by atoms with Gasteiger partial charge in [-0.1, -0.05) is 49.6 Å². The number of nitrogens with two attached hydrogens (primary N) is 1. The lowest BCUT2D eigenvalue weighted by Crippen LogP contribution is -2.58. The molecule has 2 heterocycles. The molecular weight excluding hydrogens is 450 g/mol. The molecule has 4 rings (SSSR count). The van der Waals surface area contributed by atoms with Crippen LogP contribution >= 0.6 is 0 Å². The Labute approximate surface area is 215 Å². The fourth-order valence-corrected chi connectivity index (χ4v) is 5.78. The fraction of sp³-hybridized carbons (Fsp3) is 0.552. The topological polar surface area (TPSA) is 91.6 Å². The molecule has 7 nitrogen and oxygen atoms in total. The molecule has 0 bridgehead atoms. The van der Waals surface area contributed by atoms with E-state index in [1.54, 1.807) is 29.4 Å². The number of pyridine rings is 1. The van der Waals surface area contributed by atoms with Crippen molar-refractivity contribution in [2.75, 3.05) is 32.7 Å². The van der Waals surface area contributed by atoms with Crippen LogP contribution in [0.25, 0.3) is 0 Å². The number of rotatable bonds is 10. The summed E-state index contributed by atoms with van der Waals surface area (Å²) in [7, 11) is 0. The number of likely N-dealkylation sites (tertiary alicyclic amines) is 1. The molecule has 1 aliphatic heterocycles. The molecule has 2 amide bonds. The Morgan fingerprint density at radius 3 is 2.58 bits per heavy atom. The Bertz CT molecular complexity index is 949. The molecule has 7 heteroatoms. The average molecular weight is 492 g/mol. The lowest BCUT2D eigenvalue weighted by Gasteiger charge is -2.44. The minimum absolute atomic E-state index is 0.108. The number of carbonyl (C=O) groups excluding carboxylic acids is 2. The first-order valence-corrected chi connectivity index (χ1v) is 13.6. The molecule has 1 aliphatic carbocycles. The van der Waals surface area contributed by atoms with E-state index in [1.165, 1.54) is 37.7 Å². The molecule has 3 N–H and O–H groups in total. The van der Waals surface area contributed by atoms with Crippen molar-refractivity contribution in [3.8, 4) is 0 Å². The second kappa shape index (κ2) is 13.5. The highest BCUT2D eigenvalue weighted by atomic mass is 16.2. The first-order chi connectivity index (χ1) is 17.7. The summed E-state index contributed by atoms with van der Waals surface area (Å²) in [6.45, 7) is 3.40. The van der Waals surface area contributed by atoms with Crippen LogP contribution in [0, 0.1) is 5.92 Å². The maximum atomic E-state index is 13.4. The predicted molar refractivity (Wildman–Crippen MR) is 142 cm³/mol. The second-order valence-electron chi connectivity index (χ2n) is 10.2. The normalized spacial score (nSPS) is 20.9. The molecule has 2 aromatic rings. The molecule has 36 heavy (non-hydrogen) atoms. The third-order valence-electron chi connectivity index (χ3n) is 7.75. The Balaban J connectivity index is 1.51. The van der Waals surface area contributed by atoms with E-state index in [-0.39, 0.29) is 17.9 Å². The maximum Gasteiger partial charge on any atom is 0.256 e. The van der Waals surface area contributed by atoms with Crippen LogP contribution < -0.4 is 11.1 Å².